The number of nitriles is 1. The number of fused-ring (bicyclic) bond motifs is 1. The third kappa shape index (κ3) is 3.94. The van der Waals surface area contributed by atoms with Gasteiger partial charge in [0.05, 0.1) is 11.1 Å². The van der Waals surface area contributed by atoms with Gasteiger partial charge in [0.15, 0.2) is 0 Å². The molecule has 2 heterocycles. The lowest BCUT2D eigenvalue weighted by Crippen LogP contribution is -2.39. The van der Waals surface area contributed by atoms with E-state index in [9.17, 15) is 10.1 Å². The van der Waals surface area contributed by atoms with Crippen molar-refractivity contribution in [2.24, 2.45) is 5.92 Å². The van der Waals surface area contributed by atoms with E-state index in [2.05, 4.69) is 35.8 Å². The van der Waals surface area contributed by atoms with Gasteiger partial charge < -0.3 is 9.80 Å². The summed E-state index contributed by atoms with van der Waals surface area (Å²) in [4.78, 5) is 22.2. The van der Waals surface area contributed by atoms with Crippen molar-refractivity contribution in [1.29, 1.82) is 5.26 Å². The minimum Gasteiger partial charge on any atom is -0.354 e. The fourth-order valence-electron chi connectivity index (χ4n) is 4.75. The second-order valence-electron chi connectivity index (χ2n) is 8.55. The van der Waals surface area contributed by atoms with Crippen molar-refractivity contribution in [3.05, 3.63) is 34.9 Å². The lowest BCUT2D eigenvalue weighted by atomic mass is 9.88. The average molecular weight is 391 g/mol. The standard InChI is InChI=1S/C24H30N4O/c1-17-9-10-20-15-21(16-25)23(26-22(20)18(17)2)27-11-6-12-28(14-13-27)24(29)19-7-4-3-5-8-19/h9-10,15,19H,3-8,11-14H2,1-2H3. The number of carbonyl (C=O) groups is 1. The van der Waals surface area contributed by atoms with Gasteiger partial charge in [0.2, 0.25) is 5.91 Å². The molecule has 152 valence electrons. The minimum absolute atomic E-state index is 0.217. The Kier molecular flexibility index (Phi) is 5.71. The van der Waals surface area contributed by atoms with E-state index in [-0.39, 0.29) is 5.92 Å². The Labute approximate surface area is 173 Å². The van der Waals surface area contributed by atoms with Gasteiger partial charge in [0.25, 0.3) is 0 Å². The highest BCUT2D eigenvalue weighted by Gasteiger charge is 2.28. The molecular weight excluding hydrogens is 360 g/mol. The maximum atomic E-state index is 13.0. The van der Waals surface area contributed by atoms with Gasteiger partial charge >= 0.3 is 0 Å². The van der Waals surface area contributed by atoms with Gasteiger partial charge in [0, 0.05) is 37.5 Å². The summed E-state index contributed by atoms with van der Waals surface area (Å²) >= 11 is 0. The molecule has 1 aromatic heterocycles. The molecule has 2 fully saturated rings. The fraction of sp³-hybridized carbons (Fsp3) is 0.542. The third-order valence-corrected chi connectivity index (χ3v) is 6.67. The number of aryl methyl sites for hydroxylation is 2. The predicted molar refractivity (Wildman–Crippen MR) is 116 cm³/mol. The molecule has 4 rings (SSSR count). The number of benzene rings is 1. The molecule has 0 radical (unpaired) electrons. The van der Waals surface area contributed by atoms with Crippen LogP contribution in [0.15, 0.2) is 18.2 Å². The third-order valence-electron chi connectivity index (χ3n) is 6.67. The van der Waals surface area contributed by atoms with E-state index in [1.807, 2.05) is 12.1 Å². The summed E-state index contributed by atoms with van der Waals surface area (Å²) in [7, 11) is 0. The van der Waals surface area contributed by atoms with Crippen LogP contribution in [0, 0.1) is 31.1 Å². The molecule has 1 aromatic carbocycles. The highest BCUT2D eigenvalue weighted by Crippen LogP contribution is 2.29. The number of carbonyl (C=O) groups excluding carboxylic acids is 1. The van der Waals surface area contributed by atoms with Gasteiger partial charge in [-0.3, -0.25) is 4.79 Å². The Morgan fingerprint density at radius 2 is 1.86 bits per heavy atom. The van der Waals surface area contributed by atoms with E-state index < -0.39 is 0 Å². The zero-order chi connectivity index (χ0) is 20.4. The summed E-state index contributed by atoms with van der Waals surface area (Å²) in [6, 6.07) is 8.43. The van der Waals surface area contributed by atoms with Gasteiger partial charge in [-0.05, 0) is 50.3 Å². The number of nitrogens with zero attached hydrogens (tertiary/aromatic N) is 4. The molecule has 0 unspecified atom stereocenters. The summed E-state index contributed by atoms with van der Waals surface area (Å²) in [6.07, 6.45) is 6.63. The molecule has 0 spiro atoms. The van der Waals surface area contributed by atoms with Crippen molar-refractivity contribution in [2.75, 3.05) is 31.1 Å². The SMILES string of the molecule is Cc1ccc2cc(C#N)c(N3CCCN(C(=O)C4CCCCC4)CC3)nc2c1C. The molecule has 29 heavy (non-hydrogen) atoms. The van der Waals surface area contributed by atoms with Crippen LogP contribution in [-0.4, -0.2) is 42.0 Å². The molecule has 5 heteroatoms. The number of pyridine rings is 1. The van der Waals surface area contributed by atoms with Crippen molar-refractivity contribution in [2.45, 2.75) is 52.4 Å². The molecule has 1 aliphatic heterocycles. The number of hydrogen-bond donors (Lipinski definition) is 0. The number of rotatable bonds is 2. The highest BCUT2D eigenvalue weighted by atomic mass is 16.2. The minimum atomic E-state index is 0.217. The van der Waals surface area contributed by atoms with Gasteiger partial charge in [-0.15, -0.1) is 0 Å². The Morgan fingerprint density at radius 3 is 2.62 bits per heavy atom. The van der Waals surface area contributed by atoms with Crippen LogP contribution in [0.5, 0.6) is 0 Å². The van der Waals surface area contributed by atoms with Gasteiger partial charge in [-0.25, -0.2) is 4.98 Å². The maximum absolute atomic E-state index is 13.0. The van der Waals surface area contributed by atoms with Crippen LogP contribution in [0.1, 0.15) is 55.2 Å². The highest BCUT2D eigenvalue weighted by molar-refractivity contribution is 5.86. The first-order valence-corrected chi connectivity index (χ1v) is 10.9. The Morgan fingerprint density at radius 1 is 1.07 bits per heavy atom. The van der Waals surface area contributed by atoms with Crippen molar-refractivity contribution >= 4 is 22.6 Å². The van der Waals surface area contributed by atoms with Crippen LogP contribution in [0.2, 0.25) is 0 Å². The molecule has 1 saturated heterocycles. The van der Waals surface area contributed by atoms with E-state index in [1.165, 1.54) is 24.8 Å². The normalized spacial score (nSPS) is 18.5. The summed E-state index contributed by atoms with van der Waals surface area (Å²) in [5, 5.41) is 10.7. The Balaban J connectivity index is 1.57. The molecule has 1 amide bonds. The van der Waals surface area contributed by atoms with Crippen molar-refractivity contribution in [1.82, 2.24) is 9.88 Å². The van der Waals surface area contributed by atoms with E-state index in [0.29, 0.717) is 18.0 Å². The van der Waals surface area contributed by atoms with Crippen LogP contribution in [-0.2, 0) is 4.79 Å². The molecule has 5 nitrogen and oxygen atoms in total. The van der Waals surface area contributed by atoms with Crippen LogP contribution < -0.4 is 4.90 Å². The maximum Gasteiger partial charge on any atom is 0.225 e. The van der Waals surface area contributed by atoms with Gasteiger partial charge in [-0.2, -0.15) is 5.26 Å². The Bertz CT molecular complexity index is 955. The zero-order valence-electron chi connectivity index (χ0n) is 17.6. The molecule has 1 aliphatic carbocycles. The number of hydrogen-bond acceptors (Lipinski definition) is 4. The number of anilines is 1. The van der Waals surface area contributed by atoms with Crippen LogP contribution in [0.25, 0.3) is 10.9 Å². The largest absolute Gasteiger partial charge is 0.354 e. The summed E-state index contributed by atoms with van der Waals surface area (Å²) in [6.45, 7) is 7.26. The second-order valence-corrected chi connectivity index (χ2v) is 8.55. The first-order chi connectivity index (χ1) is 14.1. The summed E-state index contributed by atoms with van der Waals surface area (Å²) in [5.41, 5.74) is 3.96. The van der Waals surface area contributed by atoms with Crippen LogP contribution in [0.3, 0.4) is 0 Å². The lowest BCUT2D eigenvalue weighted by Gasteiger charge is -2.28. The second kappa shape index (κ2) is 8.41. The molecule has 0 atom stereocenters. The molecule has 0 bridgehead atoms. The molecule has 2 aliphatic rings. The van der Waals surface area contributed by atoms with Crippen LogP contribution in [0.4, 0.5) is 5.82 Å². The first-order valence-electron chi connectivity index (χ1n) is 10.9. The summed E-state index contributed by atoms with van der Waals surface area (Å²) < 4.78 is 0. The Hall–Kier alpha value is -2.61. The van der Waals surface area contributed by atoms with E-state index in [1.54, 1.807) is 0 Å². The first kappa shape index (κ1) is 19.7. The van der Waals surface area contributed by atoms with Gasteiger partial charge in [-0.1, -0.05) is 31.4 Å². The average Bonchev–Trinajstić information content (AvgIpc) is 3.02. The number of amides is 1. The topological polar surface area (TPSA) is 60.2 Å². The summed E-state index contributed by atoms with van der Waals surface area (Å²) in [5.74, 6) is 1.32. The predicted octanol–water partition coefficient (Wildman–Crippen LogP) is 4.34. The van der Waals surface area contributed by atoms with Crippen molar-refractivity contribution < 1.29 is 4.79 Å². The molecule has 2 aromatic rings. The fourth-order valence-corrected chi connectivity index (χ4v) is 4.75. The van der Waals surface area contributed by atoms with E-state index in [4.69, 9.17) is 4.98 Å². The monoisotopic (exact) mass is 390 g/mol. The molecule has 0 N–H and O–H groups in total. The zero-order valence-corrected chi connectivity index (χ0v) is 17.6. The van der Waals surface area contributed by atoms with Crippen molar-refractivity contribution in [3.8, 4) is 6.07 Å². The van der Waals surface area contributed by atoms with Gasteiger partial charge in [0.1, 0.15) is 11.9 Å². The van der Waals surface area contributed by atoms with Crippen LogP contribution >= 0.6 is 0 Å². The van der Waals surface area contributed by atoms with Crippen molar-refractivity contribution in [3.63, 3.8) is 0 Å². The van der Waals surface area contributed by atoms with E-state index >= 15 is 0 Å². The smallest absolute Gasteiger partial charge is 0.225 e. The van der Waals surface area contributed by atoms with E-state index in [0.717, 1.165) is 61.2 Å². The number of aromatic nitrogens is 1. The molecular formula is C24H30N4O. The molecule has 1 saturated carbocycles. The quantitative estimate of drug-likeness (QED) is 0.765. The lowest BCUT2D eigenvalue weighted by molar-refractivity contribution is -0.136.